The molecule has 28 heavy (non-hydrogen) atoms. The summed E-state index contributed by atoms with van der Waals surface area (Å²) in [6, 6.07) is 5.32. The first kappa shape index (κ1) is 21.5. The standard InChI is InChI=1S/C18H18F5N3O2/c1-2-26(10-15(27)18(21,22)23)17(28)25-16-6-3-11(9-24-16)7-12-4-5-13(19)8-14(12)20/h3-6,8-9,15,27H,2,7,10H2,1H3,(H,24,25,28)/t15-/m1/s1. The summed E-state index contributed by atoms with van der Waals surface area (Å²) in [4.78, 5) is 16.8. The zero-order valence-corrected chi connectivity index (χ0v) is 14.8. The number of aliphatic hydroxyl groups excluding tert-OH is 1. The molecule has 10 heteroatoms. The highest BCUT2D eigenvalue weighted by Gasteiger charge is 2.39. The number of nitrogens with zero attached hydrogens (tertiary/aromatic N) is 2. The molecule has 1 heterocycles. The van der Waals surface area contributed by atoms with Crippen molar-refractivity contribution >= 4 is 11.8 Å². The number of hydrogen-bond acceptors (Lipinski definition) is 3. The van der Waals surface area contributed by atoms with Gasteiger partial charge in [0.05, 0.1) is 6.54 Å². The van der Waals surface area contributed by atoms with Gasteiger partial charge in [-0.05, 0) is 30.2 Å². The van der Waals surface area contributed by atoms with Gasteiger partial charge in [0.1, 0.15) is 17.5 Å². The smallest absolute Gasteiger partial charge is 0.382 e. The number of amides is 2. The van der Waals surface area contributed by atoms with Crippen molar-refractivity contribution in [3.8, 4) is 0 Å². The molecule has 2 rings (SSSR count). The average Bonchev–Trinajstić information content (AvgIpc) is 2.62. The predicted molar refractivity (Wildman–Crippen MR) is 91.7 cm³/mol. The summed E-state index contributed by atoms with van der Waals surface area (Å²) in [6.45, 7) is 0.505. The summed E-state index contributed by atoms with van der Waals surface area (Å²) in [6.07, 6.45) is -5.98. The van der Waals surface area contributed by atoms with Crippen molar-refractivity contribution in [2.45, 2.75) is 25.6 Å². The maximum atomic E-state index is 13.7. The molecule has 0 fully saturated rings. The Morgan fingerprint density at radius 2 is 1.96 bits per heavy atom. The van der Waals surface area contributed by atoms with Gasteiger partial charge in [-0.2, -0.15) is 13.2 Å². The molecule has 1 atom stereocenters. The lowest BCUT2D eigenvalue weighted by atomic mass is 10.1. The second-order valence-electron chi connectivity index (χ2n) is 5.99. The van der Waals surface area contributed by atoms with Crippen LogP contribution in [0.4, 0.5) is 32.6 Å². The van der Waals surface area contributed by atoms with E-state index in [0.29, 0.717) is 5.56 Å². The van der Waals surface area contributed by atoms with E-state index < -0.39 is 36.5 Å². The van der Waals surface area contributed by atoms with Gasteiger partial charge in [0.2, 0.25) is 0 Å². The molecule has 0 unspecified atom stereocenters. The highest BCUT2D eigenvalue weighted by Crippen LogP contribution is 2.21. The van der Waals surface area contributed by atoms with Gasteiger partial charge in [-0.1, -0.05) is 12.1 Å². The molecule has 0 aliphatic carbocycles. The number of anilines is 1. The lowest BCUT2D eigenvalue weighted by Gasteiger charge is -2.25. The van der Waals surface area contributed by atoms with Gasteiger partial charge in [-0.15, -0.1) is 0 Å². The van der Waals surface area contributed by atoms with Crippen molar-refractivity contribution < 1.29 is 31.9 Å². The quantitative estimate of drug-likeness (QED) is 0.723. The largest absolute Gasteiger partial charge is 0.416 e. The molecule has 0 bridgehead atoms. The van der Waals surface area contributed by atoms with E-state index in [9.17, 15) is 26.7 Å². The Labute approximate surface area is 157 Å². The van der Waals surface area contributed by atoms with Crippen molar-refractivity contribution in [3.05, 3.63) is 59.3 Å². The highest BCUT2D eigenvalue weighted by molar-refractivity contribution is 5.88. The first-order chi connectivity index (χ1) is 13.1. The molecule has 2 N–H and O–H groups in total. The van der Waals surface area contributed by atoms with Crippen molar-refractivity contribution in [2.75, 3.05) is 18.4 Å². The van der Waals surface area contributed by atoms with Crippen LogP contribution < -0.4 is 5.32 Å². The number of carbonyl (C=O) groups is 1. The van der Waals surface area contributed by atoms with Gasteiger partial charge in [0.15, 0.2) is 6.10 Å². The summed E-state index contributed by atoms with van der Waals surface area (Å²) in [5, 5.41) is 11.4. The van der Waals surface area contributed by atoms with Gasteiger partial charge < -0.3 is 10.0 Å². The topological polar surface area (TPSA) is 65.5 Å². The molecule has 2 amide bonds. The van der Waals surface area contributed by atoms with Crippen molar-refractivity contribution in [3.63, 3.8) is 0 Å². The van der Waals surface area contributed by atoms with Crippen molar-refractivity contribution in [1.82, 2.24) is 9.88 Å². The van der Waals surface area contributed by atoms with Gasteiger partial charge in [0, 0.05) is 25.2 Å². The zero-order valence-electron chi connectivity index (χ0n) is 14.8. The fourth-order valence-corrected chi connectivity index (χ4v) is 2.34. The average molecular weight is 403 g/mol. The second kappa shape index (κ2) is 8.96. The summed E-state index contributed by atoms with van der Waals surface area (Å²) < 4.78 is 63.9. The molecular weight excluding hydrogens is 385 g/mol. The maximum absolute atomic E-state index is 13.7. The number of nitrogens with one attached hydrogen (secondary N) is 1. The van der Waals surface area contributed by atoms with Crippen LogP contribution in [0.15, 0.2) is 36.5 Å². The summed E-state index contributed by atoms with van der Waals surface area (Å²) >= 11 is 0. The minimum Gasteiger partial charge on any atom is -0.382 e. The normalized spacial score (nSPS) is 12.5. The summed E-state index contributed by atoms with van der Waals surface area (Å²) in [5.41, 5.74) is 0.849. The Hall–Kier alpha value is -2.75. The molecule has 0 aliphatic heterocycles. The number of urea groups is 1. The summed E-state index contributed by atoms with van der Waals surface area (Å²) in [7, 11) is 0. The zero-order chi connectivity index (χ0) is 20.9. The first-order valence-corrected chi connectivity index (χ1v) is 8.29. The minimum absolute atomic E-state index is 0.0547. The molecule has 1 aromatic carbocycles. The molecule has 0 saturated heterocycles. The van der Waals surface area contributed by atoms with Crippen LogP contribution in [0.25, 0.3) is 0 Å². The molecular formula is C18H18F5N3O2. The van der Waals surface area contributed by atoms with Crippen LogP contribution >= 0.6 is 0 Å². The van der Waals surface area contributed by atoms with Gasteiger partial charge in [-0.25, -0.2) is 18.6 Å². The van der Waals surface area contributed by atoms with Crippen molar-refractivity contribution in [2.24, 2.45) is 0 Å². The number of hydrogen-bond donors (Lipinski definition) is 2. The third kappa shape index (κ3) is 5.88. The number of rotatable bonds is 6. The van der Waals surface area contributed by atoms with Crippen molar-refractivity contribution in [1.29, 1.82) is 0 Å². The van der Waals surface area contributed by atoms with Crippen LogP contribution in [0.5, 0.6) is 0 Å². The number of likely N-dealkylation sites (N-methyl/N-ethyl adjacent to an activating group) is 1. The van der Waals surface area contributed by atoms with Gasteiger partial charge >= 0.3 is 12.2 Å². The van der Waals surface area contributed by atoms with E-state index in [1.807, 2.05) is 0 Å². The third-order valence-corrected chi connectivity index (χ3v) is 3.91. The van der Waals surface area contributed by atoms with Crippen LogP contribution in [0.2, 0.25) is 0 Å². The van der Waals surface area contributed by atoms with Crippen LogP contribution in [0, 0.1) is 11.6 Å². The van der Waals surface area contributed by atoms with Crippen LogP contribution in [0.1, 0.15) is 18.1 Å². The molecule has 0 saturated carbocycles. The molecule has 152 valence electrons. The van der Waals surface area contributed by atoms with E-state index in [-0.39, 0.29) is 24.3 Å². The fraction of sp³-hybridized carbons (Fsp3) is 0.333. The highest BCUT2D eigenvalue weighted by atomic mass is 19.4. The van der Waals surface area contributed by atoms with E-state index in [2.05, 4.69) is 10.3 Å². The first-order valence-electron chi connectivity index (χ1n) is 8.29. The Morgan fingerprint density at radius 1 is 1.25 bits per heavy atom. The van der Waals surface area contributed by atoms with E-state index in [4.69, 9.17) is 5.11 Å². The third-order valence-electron chi connectivity index (χ3n) is 3.91. The number of carbonyl (C=O) groups excluding carboxylic acids is 1. The lowest BCUT2D eigenvalue weighted by molar-refractivity contribution is -0.206. The van der Waals surface area contributed by atoms with E-state index in [1.54, 1.807) is 6.07 Å². The fourth-order valence-electron chi connectivity index (χ4n) is 2.34. The Kier molecular flexibility index (Phi) is 6.90. The monoisotopic (exact) mass is 403 g/mol. The molecule has 0 aliphatic rings. The number of halogens is 5. The number of aliphatic hydroxyl groups is 1. The number of benzene rings is 1. The second-order valence-corrected chi connectivity index (χ2v) is 5.99. The number of pyridine rings is 1. The predicted octanol–water partition coefficient (Wildman–Crippen LogP) is 3.73. The van der Waals surface area contributed by atoms with Crippen LogP contribution in [-0.2, 0) is 6.42 Å². The van der Waals surface area contributed by atoms with Crippen LogP contribution in [0.3, 0.4) is 0 Å². The molecule has 1 aromatic heterocycles. The Morgan fingerprint density at radius 3 is 2.50 bits per heavy atom. The maximum Gasteiger partial charge on any atom is 0.416 e. The Bertz CT molecular complexity index is 812. The summed E-state index contributed by atoms with van der Waals surface area (Å²) in [5.74, 6) is -1.30. The molecule has 2 aromatic rings. The lowest BCUT2D eigenvalue weighted by Crippen LogP contribution is -2.45. The van der Waals surface area contributed by atoms with E-state index in [0.717, 1.165) is 17.0 Å². The van der Waals surface area contributed by atoms with Gasteiger partial charge in [0.25, 0.3) is 0 Å². The molecule has 5 nitrogen and oxygen atoms in total. The van der Waals surface area contributed by atoms with Gasteiger partial charge in [-0.3, -0.25) is 5.32 Å². The van der Waals surface area contributed by atoms with E-state index >= 15 is 0 Å². The molecule has 0 radical (unpaired) electrons. The molecule has 0 spiro atoms. The van der Waals surface area contributed by atoms with E-state index in [1.165, 1.54) is 25.3 Å². The number of alkyl halides is 3. The number of aromatic nitrogens is 1. The SMILES string of the molecule is CCN(C[C@@H](O)C(F)(F)F)C(=O)Nc1ccc(Cc2ccc(F)cc2F)cn1. The Balaban J connectivity index is 1.99. The van der Waals surface area contributed by atoms with Crippen LogP contribution in [-0.4, -0.2) is 46.4 Å². The minimum atomic E-state index is -4.83.